The molecule has 0 radical (unpaired) electrons. The highest BCUT2D eigenvalue weighted by Crippen LogP contribution is 2.44. The lowest BCUT2D eigenvalue weighted by Crippen LogP contribution is -2.57. The van der Waals surface area contributed by atoms with Crippen LogP contribution in [0.15, 0.2) is 17.5 Å². The molecular weight excluding hydrogens is 252 g/mol. The van der Waals surface area contributed by atoms with Gasteiger partial charge in [-0.3, -0.25) is 4.90 Å². The van der Waals surface area contributed by atoms with Crippen molar-refractivity contribution in [2.75, 3.05) is 13.1 Å². The summed E-state index contributed by atoms with van der Waals surface area (Å²) in [5.41, 5.74) is 6.87. The Morgan fingerprint density at radius 2 is 2.16 bits per heavy atom. The predicted octanol–water partition coefficient (Wildman–Crippen LogP) is 3.87. The Kier molecular flexibility index (Phi) is 4.70. The highest BCUT2D eigenvalue weighted by atomic mass is 32.1. The molecule has 0 saturated heterocycles. The summed E-state index contributed by atoms with van der Waals surface area (Å²) in [5.74, 6) is 0. The minimum absolute atomic E-state index is 0.209. The molecule has 1 fully saturated rings. The first-order valence-electron chi connectivity index (χ1n) is 7.49. The third-order valence-corrected chi connectivity index (χ3v) is 5.52. The molecule has 1 aliphatic carbocycles. The van der Waals surface area contributed by atoms with Gasteiger partial charge in [0.2, 0.25) is 0 Å². The molecule has 1 atom stereocenters. The summed E-state index contributed by atoms with van der Waals surface area (Å²) in [5, 5.41) is 2.17. The first kappa shape index (κ1) is 15.0. The fourth-order valence-electron chi connectivity index (χ4n) is 3.74. The number of rotatable bonds is 5. The van der Waals surface area contributed by atoms with Gasteiger partial charge >= 0.3 is 0 Å². The van der Waals surface area contributed by atoms with Crippen molar-refractivity contribution in [3.63, 3.8) is 0 Å². The van der Waals surface area contributed by atoms with E-state index in [4.69, 9.17) is 5.73 Å². The molecule has 108 valence electrons. The van der Waals surface area contributed by atoms with E-state index in [2.05, 4.69) is 43.2 Å². The molecule has 3 heteroatoms. The van der Waals surface area contributed by atoms with Crippen LogP contribution in [0, 0.1) is 5.41 Å². The molecule has 19 heavy (non-hydrogen) atoms. The normalized spacial score (nSPS) is 26.8. The lowest BCUT2D eigenvalue weighted by atomic mass is 9.67. The Bertz CT molecular complexity index is 385. The molecule has 0 aliphatic heterocycles. The van der Waals surface area contributed by atoms with Crippen molar-refractivity contribution in [1.29, 1.82) is 0 Å². The summed E-state index contributed by atoms with van der Waals surface area (Å²) < 4.78 is 0. The van der Waals surface area contributed by atoms with E-state index >= 15 is 0 Å². The summed E-state index contributed by atoms with van der Waals surface area (Å²) in [6.45, 7) is 10.00. The van der Waals surface area contributed by atoms with E-state index in [0.29, 0.717) is 5.41 Å². The van der Waals surface area contributed by atoms with Crippen LogP contribution < -0.4 is 5.73 Å². The SMILES string of the molecule is CCN(Cc1cccs1)C1(CN)CCCC(C)(C)C1. The molecule has 0 spiro atoms. The third kappa shape index (κ3) is 3.39. The lowest BCUT2D eigenvalue weighted by Gasteiger charge is -2.50. The zero-order valence-corrected chi connectivity index (χ0v) is 13.4. The van der Waals surface area contributed by atoms with Crippen LogP contribution in [0.5, 0.6) is 0 Å². The van der Waals surface area contributed by atoms with Gasteiger partial charge in [0.25, 0.3) is 0 Å². The molecule has 1 unspecified atom stereocenters. The Hall–Kier alpha value is -0.380. The molecule has 2 rings (SSSR count). The number of likely N-dealkylation sites (N-methyl/N-ethyl adjacent to an activating group) is 1. The standard InChI is InChI=1S/C16H28N2S/c1-4-18(11-14-7-5-10-19-14)16(13-17)9-6-8-15(2,3)12-16/h5,7,10H,4,6,8-9,11-13,17H2,1-3H3. The number of nitrogens with two attached hydrogens (primary N) is 1. The number of hydrogen-bond donors (Lipinski definition) is 1. The minimum atomic E-state index is 0.209. The van der Waals surface area contributed by atoms with E-state index in [1.165, 1.54) is 30.6 Å². The Labute approximate surface area is 122 Å². The van der Waals surface area contributed by atoms with Crippen molar-refractivity contribution >= 4 is 11.3 Å². The summed E-state index contributed by atoms with van der Waals surface area (Å²) in [6, 6.07) is 4.39. The summed E-state index contributed by atoms with van der Waals surface area (Å²) in [7, 11) is 0. The molecule has 0 bridgehead atoms. The highest BCUT2D eigenvalue weighted by Gasteiger charge is 2.42. The van der Waals surface area contributed by atoms with Crippen molar-refractivity contribution in [2.24, 2.45) is 11.1 Å². The van der Waals surface area contributed by atoms with E-state index < -0.39 is 0 Å². The molecule has 1 aromatic rings. The quantitative estimate of drug-likeness (QED) is 0.887. The topological polar surface area (TPSA) is 29.3 Å². The predicted molar refractivity (Wildman–Crippen MR) is 84.4 cm³/mol. The fourth-order valence-corrected chi connectivity index (χ4v) is 4.46. The maximum absolute atomic E-state index is 6.23. The molecule has 1 heterocycles. The van der Waals surface area contributed by atoms with Crippen LogP contribution in [0.25, 0.3) is 0 Å². The summed E-state index contributed by atoms with van der Waals surface area (Å²) in [6.07, 6.45) is 5.14. The van der Waals surface area contributed by atoms with E-state index in [-0.39, 0.29) is 5.54 Å². The van der Waals surface area contributed by atoms with Crippen molar-refractivity contribution in [3.8, 4) is 0 Å². The van der Waals surface area contributed by atoms with Gasteiger partial charge in [-0.1, -0.05) is 33.3 Å². The van der Waals surface area contributed by atoms with Crippen LogP contribution in [0.4, 0.5) is 0 Å². The molecule has 2 N–H and O–H groups in total. The largest absolute Gasteiger partial charge is 0.329 e. The van der Waals surface area contributed by atoms with Crippen LogP contribution in [-0.4, -0.2) is 23.5 Å². The number of nitrogens with zero attached hydrogens (tertiary/aromatic N) is 1. The zero-order chi connectivity index (χ0) is 13.9. The van der Waals surface area contributed by atoms with Crippen molar-refractivity contribution in [3.05, 3.63) is 22.4 Å². The second-order valence-corrected chi connectivity index (χ2v) is 7.75. The van der Waals surface area contributed by atoms with E-state index in [9.17, 15) is 0 Å². The monoisotopic (exact) mass is 280 g/mol. The second kappa shape index (κ2) is 5.94. The number of hydrogen-bond acceptors (Lipinski definition) is 3. The molecule has 2 nitrogen and oxygen atoms in total. The van der Waals surface area contributed by atoms with Gasteiger partial charge in [-0.05, 0) is 42.7 Å². The van der Waals surface area contributed by atoms with Crippen molar-refractivity contribution in [2.45, 2.75) is 58.5 Å². The average Bonchev–Trinajstić information content (AvgIpc) is 2.87. The van der Waals surface area contributed by atoms with Gasteiger partial charge in [0, 0.05) is 23.5 Å². The average molecular weight is 280 g/mol. The van der Waals surface area contributed by atoms with E-state index in [0.717, 1.165) is 19.6 Å². The molecular formula is C16H28N2S. The summed E-state index contributed by atoms with van der Waals surface area (Å²) in [4.78, 5) is 4.08. The van der Waals surface area contributed by atoms with Gasteiger partial charge in [0.15, 0.2) is 0 Å². The van der Waals surface area contributed by atoms with Gasteiger partial charge in [-0.25, -0.2) is 0 Å². The Morgan fingerprint density at radius 1 is 1.37 bits per heavy atom. The molecule has 1 aliphatic rings. The van der Waals surface area contributed by atoms with Crippen LogP contribution in [0.3, 0.4) is 0 Å². The molecule has 0 aromatic carbocycles. The van der Waals surface area contributed by atoms with E-state index in [1.807, 2.05) is 11.3 Å². The van der Waals surface area contributed by atoms with Gasteiger partial charge in [0.1, 0.15) is 0 Å². The number of thiophene rings is 1. The lowest BCUT2D eigenvalue weighted by molar-refractivity contribution is 0.00808. The van der Waals surface area contributed by atoms with Crippen LogP contribution in [-0.2, 0) is 6.54 Å². The Morgan fingerprint density at radius 3 is 2.68 bits per heavy atom. The van der Waals surface area contributed by atoms with Gasteiger partial charge in [-0.15, -0.1) is 11.3 Å². The fraction of sp³-hybridized carbons (Fsp3) is 0.750. The van der Waals surface area contributed by atoms with Gasteiger partial charge in [-0.2, -0.15) is 0 Å². The van der Waals surface area contributed by atoms with Crippen molar-refractivity contribution < 1.29 is 0 Å². The molecule has 1 saturated carbocycles. The van der Waals surface area contributed by atoms with E-state index in [1.54, 1.807) is 0 Å². The molecule has 0 amide bonds. The first-order valence-corrected chi connectivity index (χ1v) is 8.37. The van der Waals surface area contributed by atoms with Crippen LogP contribution in [0.1, 0.15) is 51.3 Å². The van der Waals surface area contributed by atoms with Crippen molar-refractivity contribution in [1.82, 2.24) is 4.90 Å². The minimum Gasteiger partial charge on any atom is -0.329 e. The summed E-state index contributed by atoms with van der Waals surface area (Å²) >= 11 is 1.86. The van der Waals surface area contributed by atoms with Gasteiger partial charge in [0.05, 0.1) is 0 Å². The highest BCUT2D eigenvalue weighted by molar-refractivity contribution is 7.09. The maximum Gasteiger partial charge on any atom is 0.0340 e. The zero-order valence-electron chi connectivity index (χ0n) is 12.6. The third-order valence-electron chi connectivity index (χ3n) is 4.66. The first-order chi connectivity index (χ1) is 9.01. The smallest absolute Gasteiger partial charge is 0.0340 e. The van der Waals surface area contributed by atoms with Crippen LogP contribution in [0.2, 0.25) is 0 Å². The van der Waals surface area contributed by atoms with Crippen LogP contribution >= 0.6 is 11.3 Å². The maximum atomic E-state index is 6.23. The Balaban J connectivity index is 2.17. The van der Waals surface area contributed by atoms with Gasteiger partial charge < -0.3 is 5.73 Å². The molecule has 1 aromatic heterocycles. The second-order valence-electron chi connectivity index (χ2n) is 6.72.